The van der Waals surface area contributed by atoms with Crippen LogP contribution < -0.4 is 5.32 Å². The van der Waals surface area contributed by atoms with Crippen LogP contribution in [0.1, 0.15) is 41.7 Å². The number of pyridine rings is 1. The SMILES string of the molecule is Cc1cc(C(=O)NC2(CCl)CCCC2)ccn1. The van der Waals surface area contributed by atoms with E-state index in [-0.39, 0.29) is 11.4 Å². The summed E-state index contributed by atoms with van der Waals surface area (Å²) in [5, 5.41) is 3.09. The number of halogens is 1. The molecular formula is C13H17ClN2O. The van der Waals surface area contributed by atoms with Crippen molar-refractivity contribution in [1.82, 2.24) is 10.3 Å². The average Bonchev–Trinajstić information content (AvgIpc) is 2.78. The average molecular weight is 253 g/mol. The molecule has 3 nitrogen and oxygen atoms in total. The minimum atomic E-state index is -0.199. The first kappa shape index (κ1) is 12.4. The summed E-state index contributed by atoms with van der Waals surface area (Å²) in [5.74, 6) is 0.445. The van der Waals surface area contributed by atoms with Crippen molar-refractivity contribution in [3.8, 4) is 0 Å². The second-order valence-corrected chi connectivity index (χ2v) is 5.03. The first-order valence-corrected chi connectivity index (χ1v) is 6.50. The minimum Gasteiger partial charge on any atom is -0.345 e. The summed E-state index contributed by atoms with van der Waals surface area (Å²) in [6.07, 6.45) is 5.90. The standard InChI is InChI=1S/C13H17ClN2O/c1-10-8-11(4-7-15-10)12(17)16-13(9-14)5-2-3-6-13/h4,7-8H,2-3,5-6,9H2,1H3,(H,16,17). The Bertz CT molecular complexity index is 414. The Morgan fingerprint density at radius 2 is 2.24 bits per heavy atom. The fraction of sp³-hybridized carbons (Fsp3) is 0.538. The molecule has 1 heterocycles. The zero-order chi connectivity index (χ0) is 12.3. The second-order valence-electron chi connectivity index (χ2n) is 4.76. The molecule has 1 fully saturated rings. The number of carbonyl (C=O) groups is 1. The van der Waals surface area contributed by atoms with Crippen LogP contribution in [0, 0.1) is 6.92 Å². The number of nitrogens with one attached hydrogen (secondary N) is 1. The van der Waals surface area contributed by atoms with E-state index in [9.17, 15) is 4.79 Å². The van der Waals surface area contributed by atoms with E-state index in [0.717, 1.165) is 31.4 Å². The Kier molecular flexibility index (Phi) is 3.67. The van der Waals surface area contributed by atoms with Gasteiger partial charge in [-0.05, 0) is 31.9 Å². The van der Waals surface area contributed by atoms with E-state index < -0.39 is 0 Å². The maximum absolute atomic E-state index is 12.1. The molecule has 0 radical (unpaired) electrons. The molecule has 1 amide bonds. The molecule has 0 atom stereocenters. The molecule has 1 aliphatic carbocycles. The van der Waals surface area contributed by atoms with Gasteiger partial charge in [0.2, 0.25) is 0 Å². The number of aromatic nitrogens is 1. The molecule has 1 N–H and O–H groups in total. The van der Waals surface area contributed by atoms with E-state index in [1.807, 2.05) is 6.92 Å². The molecule has 0 aromatic carbocycles. The third kappa shape index (κ3) is 2.78. The quantitative estimate of drug-likeness (QED) is 0.841. The summed E-state index contributed by atoms with van der Waals surface area (Å²) in [7, 11) is 0. The summed E-state index contributed by atoms with van der Waals surface area (Å²) in [4.78, 5) is 16.2. The molecule has 4 heteroatoms. The topological polar surface area (TPSA) is 42.0 Å². The van der Waals surface area contributed by atoms with Crippen molar-refractivity contribution in [2.75, 3.05) is 5.88 Å². The molecule has 17 heavy (non-hydrogen) atoms. The number of hydrogen-bond acceptors (Lipinski definition) is 2. The number of nitrogens with zero attached hydrogens (tertiary/aromatic N) is 1. The van der Waals surface area contributed by atoms with Crippen LogP contribution in [0.15, 0.2) is 18.3 Å². The van der Waals surface area contributed by atoms with Gasteiger partial charge >= 0.3 is 0 Å². The molecule has 1 aromatic rings. The predicted octanol–water partition coefficient (Wildman–Crippen LogP) is 2.67. The van der Waals surface area contributed by atoms with Crippen molar-refractivity contribution in [3.63, 3.8) is 0 Å². The Balaban J connectivity index is 2.11. The van der Waals surface area contributed by atoms with E-state index in [1.165, 1.54) is 0 Å². The molecule has 0 unspecified atom stereocenters. The summed E-state index contributed by atoms with van der Waals surface area (Å²) in [5.41, 5.74) is 1.31. The molecule has 1 aromatic heterocycles. The number of carbonyl (C=O) groups excluding carboxylic acids is 1. The van der Waals surface area contributed by atoms with Crippen molar-refractivity contribution in [2.45, 2.75) is 38.1 Å². The molecule has 0 bridgehead atoms. The second kappa shape index (κ2) is 5.05. The van der Waals surface area contributed by atoms with Crippen molar-refractivity contribution < 1.29 is 4.79 Å². The van der Waals surface area contributed by atoms with Gasteiger partial charge in [-0.2, -0.15) is 0 Å². The van der Waals surface area contributed by atoms with E-state index in [2.05, 4.69) is 10.3 Å². The van der Waals surface area contributed by atoms with Crippen LogP contribution in [-0.2, 0) is 0 Å². The lowest BCUT2D eigenvalue weighted by Crippen LogP contribution is -2.47. The zero-order valence-corrected chi connectivity index (χ0v) is 10.8. The van der Waals surface area contributed by atoms with Gasteiger partial charge in [-0.25, -0.2) is 0 Å². The third-order valence-corrected chi connectivity index (χ3v) is 3.87. The predicted molar refractivity (Wildman–Crippen MR) is 68.4 cm³/mol. The van der Waals surface area contributed by atoms with Crippen molar-refractivity contribution >= 4 is 17.5 Å². The molecule has 2 rings (SSSR count). The van der Waals surface area contributed by atoms with Gasteiger partial charge in [0.05, 0.1) is 5.54 Å². The van der Waals surface area contributed by atoms with Gasteiger partial charge in [-0.15, -0.1) is 11.6 Å². The number of amides is 1. The van der Waals surface area contributed by atoms with E-state index in [1.54, 1.807) is 18.3 Å². The number of aryl methyl sites for hydroxylation is 1. The fourth-order valence-corrected chi connectivity index (χ4v) is 2.68. The van der Waals surface area contributed by atoms with Crippen LogP contribution in [-0.4, -0.2) is 22.3 Å². The smallest absolute Gasteiger partial charge is 0.251 e. The van der Waals surface area contributed by atoms with Crippen molar-refractivity contribution in [1.29, 1.82) is 0 Å². The Morgan fingerprint density at radius 1 is 1.53 bits per heavy atom. The van der Waals surface area contributed by atoms with Crippen LogP contribution in [0.25, 0.3) is 0 Å². The molecule has 1 saturated carbocycles. The fourth-order valence-electron chi connectivity index (χ4n) is 2.34. The number of rotatable bonds is 3. The highest BCUT2D eigenvalue weighted by Gasteiger charge is 2.34. The monoisotopic (exact) mass is 252 g/mol. The number of alkyl halides is 1. The zero-order valence-electron chi connectivity index (χ0n) is 10.0. The molecule has 92 valence electrons. The van der Waals surface area contributed by atoms with Crippen molar-refractivity contribution in [3.05, 3.63) is 29.6 Å². The molecule has 0 spiro atoms. The normalized spacial score (nSPS) is 18.0. The maximum atomic E-state index is 12.1. The van der Waals surface area contributed by atoms with Crippen LogP contribution in [0.3, 0.4) is 0 Å². The van der Waals surface area contributed by atoms with Crippen LogP contribution >= 0.6 is 11.6 Å². The molecular weight excluding hydrogens is 236 g/mol. The van der Waals surface area contributed by atoms with Gasteiger partial charge < -0.3 is 5.32 Å². The maximum Gasteiger partial charge on any atom is 0.251 e. The summed E-state index contributed by atoms with van der Waals surface area (Å²) in [6, 6.07) is 3.53. The first-order valence-electron chi connectivity index (χ1n) is 5.96. The van der Waals surface area contributed by atoms with E-state index >= 15 is 0 Å². The van der Waals surface area contributed by atoms with Crippen LogP contribution in [0.2, 0.25) is 0 Å². The lowest BCUT2D eigenvalue weighted by atomic mass is 9.99. The highest BCUT2D eigenvalue weighted by molar-refractivity contribution is 6.19. The van der Waals surface area contributed by atoms with Gasteiger partial charge in [-0.1, -0.05) is 12.8 Å². The highest BCUT2D eigenvalue weighted by atomic mass is 35.5. The molecule has 1 aliphatic rings. The first-order chi connectivity index (χ1) is 8.15. The lowest BCUT2D eigenvalue weighted by molar-refractivity contribution is 0.0909. The van der Waals surface area contributed by atoms with Gasteiger partial charge in [0.1, 0.15) is 0 Å². The van der Waals surface area contributed by atoms with Crippen molar-refractivity contribution in [2.24, 2.45) is 0 Å². The van der Waals surface area contributed by atoms with E-state index in [4.69, 9.17) is 11.6 Å². The Hall–Kier alpha value is -1.09. The molecule has 0 aliphatic heterocycles. The minimum absolute atomic E-state index is 0.0435. The van der Waals surface area contributed by atoms with Crippen LogP contribution in [0.4, 0.5) is 0 Å². The van der Waals surface area contributed by atoms with Crippen LogP contribution in [0.5, 0.6) is 0 Å². The lowest BCUT2D eigenvalue weighted by Gasteiger charge is -2.27. The summed E-state index contributed by atoms with van der Waals surface area (Å²) in [6.45, 7) is 1.88. The summed E-state index contributed by atoms with van der Waals surface area (Å²) >= 11 is 6.00. The van der Waals surface area contributed by atoms with E-state index in [0.29, 0.717) is 11.4 Å². The summed E-state index contributed by atoms with van der Waals surface area (Å²) < 4.78 is 0. The van der Waals surface area contributed by atoms with Gasteiger partial charge in [0.15, 0.2) is 0 Å². The molecule has 0 saturated heterocycles. The van der Waals surface area contributed by atoms with Gasteiger partial charge in [-0.3, -0.25) is 9.78 Å². The highest BCUT2D eigenvalue weighted by Crippen LogP contribution is 2.30. The largest absolute Gasteiger partial charge is 0.345 e. The van der Waals surface area contributed by atoms with Gasteiger partial charge in [0, 0.05) is 23.3 Å². The third-order valence-electron chi connectivity index (χ3n) is 3.35. The number of hydrogen-bond donors (Lipinski definition) is 1. The Labute approximate surface area is 107 Å². The Morgan fingerprint density at radius 3 is 2.82 bits per heavy atom. The van der Waals surface area contributed by atoms with Gasteiger partial charge in [0.25, 0.3) is 5.91 Å².